The molecule has 6 nitrogen and oxygen atoms in total. The Labute approximate surface area is 178 Å². The van der Waals surface area contributed by atoms with Crippen LogP contribution in [0, 0.1) is 22.7 Å². The highest BCUT2D eigenvalue weighted by molar-refractivity contribution is 8.06. The van der Waals surface area contributed by atoms with Gasteiger partial charge >= 0.3 is 0 Å². The van der Waals surface area contributed by atoms with Gasteiger partial charge < -0.3 is 20.9 Å². The quantitative estimate of drug-likeness (QED) is 0.740. The van der Waals surface area contributed by atoms with E-state index in [1.54, 1.807) is 30.3 Å². The lowest BCUT2D eigenvalue weighted by Crippen LogP contribution is -2.18. The molecule has 146 valence electrons. The summed E-state index contributed by atoms with van der Waals surface area (Å²) in [6.45, 7) is 0.333. The van der Waals surface area contributed by atoms with Crippen molar-refractivity contribution in [3.63, 3.8) is 0 Å². The summed E-state index contributed by atoms with van der Waals surface area (Å²) >= 11 is 6.93. The average molecular weight is 425 g/mol. The van der Waals surface area contributed by atoms with Crippen molar-refractivity contribution in [3.8, 4) is 23.6 Å². The Kier molecular flexibility index (Phi) is 6.23. The molecule has 0 aromatic heterocycles. The van der Waals surface area contributed by atoms with E-state index < -0.39 is 5.92 Å². The predicted molar refractivity (Wildman–Crippen MR) is 113 cm³/mol. The lowest BCUT2D eigenvalue weighted by molar-refractivity contribution is 0.284. The van der Waals surface area contributed by atoms with E-state index >= 15 is 0 Å². The summed E-state index contributed by atoms with van der Waals surface area (Å²) in [5, 5.41) is 20.4. The van der Waals surface area contributed by atoms with Crippen LogP contribution < -0.4 is 20.9 Å². The van der Waals surface area contributed by atoms with Gasteiger partial charge in [-0.3, -0.25) is 0 Å². The standard InChI is InChI=1S/C21H17ClN4O2S/c1-27-18-8-13(19-15(9-23)20(25)29-21(26)16(19)10-24)4-7-17(18)28-11-12-2-5-14(22)6-3-12/h2-8,19H,11,25-26H2,1H3. The molecular weight excluding hydrogens is 408 g/mol. The van der Waals surface area contributed by atoms with Crippen molar-refractivity contribution in [2.45, 2.75) is 12.5 Å². The van der Waals surface area contributed by atoms with Gasteiger partial charge in [0.25, 0.3) is 0 Å². The van der Waals surface area contributed by atoms with E-state index in [9.17, 15) is 10.5 Å². The average Bonchev–Trinajstić information content (AvgIpc) is 2.72. The molecule has 0 saturated heterocycles. The van der Waals surface area contributed by atoms with Crippen LogP contribution in [0.4, 0.5) is 0 Å². The van der Waals surface area contributed by atoms with Gasteiger partial charge in [0.15, 0.2) is 11.5 Å². The van der Waals surface area contributed by atoms with Gasteiger partial charge in [-0.25, -0.2) is 0 Å². The number of hydrogen-bond acceptors (Lipinski definition) is 7. The predicted octanol–water partition coefficient (Wildman–Crippen LogP) is 4.15. The van der Waals surface area contributed by atoms with E-state index in [0.717, 1.165) is 17.3 Å². The van der Waals surface area contributed by atoms with Crippen LogP contribution in [0.3, 0.4) is 0 Å². The number of hydrogen-bond donors (Lipinski definition) is 2. The molecule has 8 heteroatoms. The highest BCUT2D eigenvalue weighted by atomic mass is 35.5. The lowest BCUT2D eigenvalue weighted by Gasteiger charge is -2.24. The molecule has 0 aliphatic carbocycles. The number of nitrogens with zero attached hydrogens (tertiary/aromatic N) is 2. The van der Waals surface area contributed by atoms with Gasteiger partial charge in [-0.1, -0.05) is 41.6 Å². The maximum atomic E-state index is 9.56. The Morgan fingerprint density at radius 2 is 1.62 bits per heavy atom. The van der Waals surface area contributed by atoms with Crippen molar-refractivity contribution in [2.75, 3.05) is 7.11 Å². The van der Waals surface area contributed by atoms with Gasteiger partial charge in [0.05, 0.1) is 46.4 Å². The van der Waals surface area contributed by atoms with E-state index in [4.69, 9.17) is 32.5 Å². The van der Waals surface area contributed by atoms with Crippen molar-refractivity contribution in [3.05, 3.63) is 79.8 Å². The first-order valence-corrected chi connectivity index (χ1v) is 9.70. The molecule has 0 saturated carbocycles. The molecule has 1 heterocycles. The fourth-order valence-electron chi connectivity index (χ4n) is 2.95. The lowest BCUT2D eigenvalue weighted by atomic mass is 9.85. The zero-order valence-electron chi connectivity index (χ0n) is 15.5. The zero-order chi connectivity index (χ0) is 21.0. The maximum absolute atomic E-state index is 9.56. The second kappa shape index (κ2) is 8.83. The first kappa shape index (κ1) is 20.5. The number of rotatable bonds is 5. The third-order valence-electron chi connectivity index (χ3n) is 4.40. The van der Waals surface area contributed by atoms with Crippen LogP contribution in [0.25, 0.3) is 0 Å². The van der Waals surface area contributed by atoms with E-state index in [1.807, 2.05) is 12.1 Å². The molecular formula is C21H17ClN4O2S. The molecule has 2 aromatic rings. The highest BCUT2D eigenvalue weighted by Gasteiger charge is 2.31. The first-order valence-electron chi connectivity index (χ1n) is 8.51. The van der Waals surface area contributed by atoms with Crippen LogP contribution in [0.5, 0.6) is 11.5 Å². The summed E-state index contributed by atoms with van der Waals surface area (Å²) in [6.07, 6.45) is 0. The number of halogens is 1. The summed E-state index contributed by atoms with van der Waals surface area (Å²) in [5.41, 5.74) is 14.2. The third-order valence-corrected chi connectivity index (χ3v) is 5.53. The minimum absolute atomic E-state index is 0.288. The minimum Gasteiger partial charge on any atom is -0.493 e. The molecule has 0 bridgehead atoms. The van der Waals surface area contributed by atoms with Crippen LogP contribution >= 0.6 is 23.4 Å². The molecule has 0 radical (unpaired) electrons. The number of benzene rings is 2. The minimum atomic E-state index is -0.648. The number of allylic oxidation sites excluding steroid dienone is 2. The molecule has 0 fully saturated rings. The van der Waals surface area contributed by atoms with Gasteiger partial charge in [0.2, 0.25) is 0 Å². The second-order valence-electron chi connectivity index (χ2n) is 6.14. The van der Waals surface area contributed by atoms with Crippen LogP contribution in [-0.4, -0.2) is 7.11 Å². The van der Waals surface area contributed by atoms with E-state index in [2.05, 4.69) is 12.1 Å². The van der Waals surface area contributed by atoms with Gasteiger partial charge in [-0.05, 0) is 35.4 Å². The Morgan fingerprint density at radius 3 is 2.17 bits per heavy atom. The van der Waals surface area contributed by atoms with E-state index in [1.165, 1.54) is 7.11 Å². The normalized spacial score (nSPS) is 14.3. The fraction of sp³-hybridized carbons (Fsp3) is 0.143. The van der Waals surface area contributed by atoms with Gasteiger partial charge in [0.1, 0.15) is 6.61 Å². The molecule has 2 aromatic carbocycles. The molecule has 1 aliphatic rings. The van der Waals surface area contributed by atoms with Gasteiger partial charge in [-0.15, -0.1) is 0 Å². The van der Waals surface area contributed by atoms with Crippen LogP contribution in [0.15, 0.2) is 63.7 Å². The van der Waals surface area contributed by atoms with Crippen molar-refractivity contribution in [2.24, 2.45) is 11.5 Å². The molecule has 0 atom stereocenters. The summed E-state index contributed by atoms with van der Waals surface area (Å²) in [5.74, 6) is 0.356. The van der Waals surface area contributed by atoms with Crippen molar-refractivity contribution in [1.29, 1.82) is 10.5 Å². The van der Waals surface area contributed by atoms with Crippen LogP contribution in [0.2, 0.25) is 5.02 Å². The Morgan fingerprint density at radius 1 is 1.00 bits per heavy atom. The summed E-state index contributed by atoms with van der Waals surface area (Å²) in [6, 6.07) is 16.8. The number of nitriles is 2. The Hall–Kier alpha value is -3.26. The van der Waals surface area contributed by atoms with Crippen molar-refractivity contribution < 1.29 is 9.47 Å². The smallest absolute Gasteiger partial charge is 0.161 e. The summed E-state index contributed by atoms with van der Waals surface area (Å²) in [7, 11) is 1.52. The molecule has 4 N–H and O–H groups in total. The number of nitrogens with two attached hydrogens (primary N) is 2. The van der Waals surface area contributed by atoms with Crippen LogP contribution in [-0.2, 0) is 6.61 Å². The fourth-order valence-corrected chi connectivity index (χ4v) is 3.86. The monoisotopic (exact) mass is 424 g/mol. The number of ether oxygens (including phenoxy) is 2. The Balaban J connectivity index is 1.93. The SMILES string of the molecule is COc1cc(C2C(C#N)=C(N)SC(N)=C2C#N)ccc1OCc1ccc(Cl)cc1. The molecule has 0 amide bonds. The molecule has 3 rings (SSSR count). The van der Waals surface area contributed by atoms with Gasteiger partial charge in [0, 0.05) is 5.02 Å². The van der Waals surface area contributed by atoms with Crippen LogP contribution in [0.1, 0.15) is 17.0 Å². The number of thioether (sulfide) groups is 1. The van der Waals surface area contributed by atoms with Crippen molar-refractivity contribution >= 4 is 23.4 Å². The summed E-state index contributed by atoms with van der Waals surface area (Å²) < 4.78 is 11.3. The Bertz CT molecular complexity index is 1050. The zero-order valence-corrected chi connectivity index (χ0v) is 17.1. The van der Waals surface area contributed by atoms with Crippen molar-refractivity contribution in [1.82, 2.24) is 0 Å². The summed E-state index contributed by atoms with van der Waals surface area (Å²) in [4.78, 5) is 0. The first-order chi connectivity index (χ1) is 14.0. The highest BCUT2D eigenvalue weighted by Crippen LogP contribution is 2.44. The number of methoxy groups -OCH3 is 1. The second-order valence-corrected chi connectivity index (χ2v) is 7.66. The largest absolute Gasteiger partial charge is 0.493 e. The topological polar surface area (TPSA) is 118 Å². The molecule has 29 heavy (non-hydrogen) atoms. The van der Waals surface area contributed by atoms with E-state index in [0.29, 0.717) is 28.7 Å². The molecule has 0 unspecified atom stereocenters. The van der Waals surface area contributed by atoms with Gasteiger partial charge in [-0.2, -0.15) is 10.5 Å². The van der Waals surface area contributed by atoms with E-state index in [-0.39, 0.29) is 21.2 Å². The molecule has 0 spiro atoms. The maximum Gasteiger partial charge on any atom is 0.161 e. The third kappa shape index (κ3) is 4.27. The molecule has 1 aliphatic heterocycles.